The lowest BCUT2D eigenvalue weighted by atomic mass is 10.0. The summed E-state index contributed by atoms with van der Waals surface area (Å²) >= 11 is 11.2. The number of halogens is 1. The first-order chi connectivity index (χ1) is 9.09. The quantitative estimate of drug-likeness (QED) is 0.671. The van der Waals surface area contributed by atoms with Gasteiger partial charge in [-0.25, -0.2) is 0 Å². The smallest absolute Gasteiger partial charge is 0.106 e. The van der Waals surface area contributed by atoms with E-state index in [1.54, 1.807) is 0 Å². The van der Waals surface area contributed by atoms with E-state index in [0.29, 0.717) is 16.1 Å². The van der Waals surface area contributed by atoms with E-state index in [1.165, 1.54) is 38.5 Å². The predicted molar refractivity (Wildman–Crippen MR) is 87.2 cm³/mol. The molecule has 0 spiro atoms. The molecule has 1 saturated carbocycles. The maximum absolute atomic E-state index is 6.04. The highest BCUT2D eigenvalue weighted by atomic mass is 35.5. The van der Waals surface area contributed by atoms with E-state index in [0.717, 1.165) is 11.3 Å². The van der Waals surface area contributed by atoms with Crippen molar-refractivity contribution in [1.29, 1.82) is 0 Å². The molecule has 1 fully saturated rings. The van der Waals surface area contributed by atoms with Gasteiger partial charge in [0, 0.05) is 29.4 Å². The normalized spacial score (nSPS) is 16.9. The summed E-state index contributed by atoms with van der Waals surface area (Å²) in [6.45, 7) is 0. The number of benzene rings is 1. The fourth-order valence-corrected chi connectivity index (χ4v) is 3.19. The van der Waals surface area contributed by atoms with Crippen molar-refractivity contribution in [3.63, 3.8) is 0 Å². The number of hydrogen-bond donors (Lipinski definition) is 1. The predicted octanol–water partition coefficient (Wildman–Crippen LogP) is 4.13. The second kappa shape index (κ2) is 6.58. The average Bonchev–Trinajstić information content (AvgIpc) is 2.66. The zero-order valence-electron chi connectivity index (χ0n) is 11.4. The molecule has 0 radical (unpaired) electrons. The topological polar surface area (TPSA) is 29.3 Å². The van der Waals surface area contributed by atoms with Gasteiger partial charge in [0.2, 0.25) is 0 Å². The van der Waals surface area contributed by atoms with Crippen molar-refractivity contribution in [2.75, 3.05) is 11.9 Å². The highest BCUT2D eigenvalue weighted by Gasteiger charge is 2.20. The lowest BCUT2D eigenvalue weighted by Gasteiger charge is -2.31. The van der Waals surface area contributed by atoms with Crippen LogP contribution in [-0.4, -0.2) is 18.1 Å². The molecular formula is C15H21ClN2S. The van der Waals surface area contributed by atoms with Gasteiger partial charge in [-0.15, -0.1) is 0 Å². The van der Waals surface area contributed by atoms with Gasteiger partial charge in [0.05, 0.1) is 0 Å². The molecule has 0 atom stereocenters. The summed E-state index contributed by atoms with van der Waals surface area (Å²) in [4.78, 5) is 2.74. The lowest BCUT2D eigenvalue weighted by molar-refractivity contribution is 0.553. The largest absolute Gasteiger partial charge is 0.389 e. The van der Waals surface area contributed by atoms with Crippen LogP contribution in [0, 0.1) is 0 Å². The molecule has 0 heterocycles. The van der Waals surface area contributed by atoms with Gasteiger partial charge in [-0.2, -0.15) is 0 Å². The van der Waals surface area contributed by atoms with E-state index in [2.05, 4.69) is 11.9 Å². The molecule has 1 aliphatic carbocycles. The fourth-order valence-electron chi connectivity index (χ4n) is 2.85. The molecule has 0 amide bonds. The third kappa shape index (κ3) is 3.61. The van der Waals surface area contributed by atoms with Crippen LogP contribution >= 0.6 is 23.8 Å². The second-order valence-electron chi connectivity index (χ2n) is 5.28. The monoisotopic (exact) mass is 296 g/mol. The van der Waals surface area contributed by atoms with Crippen LogP contribution in [0.15, 0.2) is 18.2 Å². The molecule has 4 heteroatoms. The zero-order chi connectivity index (χ0) is 13.8. The molecule has 0 bridgehead atoms. The first-order valence-electron chi connectivity index (χ1n) is 6.92. The van der Waals surface area contributed by atoms with Crippen molar-refractivity contribution in [3.05, 3.63) is 28.8 Å². The molecule has 1 aliphatic rings. The van der Waals surface area contributed by atoms with Crippen LogP contribution in [-0.2, 0) is 0 Å². The molecule has 0 saturated heterocycles. The van der Waals surface area contributed by atoms with E-state index in [-0.39, 0.29) is 0 Å². The van der Waals surface area contributed by atoms with Gasteiger partial charge in [0.1, 0.15) is 4.99 Å². The third-order valence-corrected chi connectivity index (χ3v) is 4.43. The highest BCUT2D eigenvalue weighted by Crippen LogP contribution is 2.29. The Kier molecular flexibility index (Phi) is 5.06. The van der Waals surface area contributed by atoms with E-state index in [9.17, 15) is 0 Å². The number of anilines is 1. The van der Waals surface area contributed by atoms with Gasteiger partial charge in [-0.05, 0) is 31.0 Å². The van der Waals surface area contributed by atoms with Crippen LogP contribution in [0.1, 0.15) is 44.1 Å². The van der Waals surface area contributed by atoms with Gasteiger partial charge in [0.25, 0.3) is 0 Å². The minimum Gasteiger partial charge on any atom is -0.389 e. The summed E-state index contributed by atoms with van der Waals surface area (Å²) in [7, 11) is 2.14. The Balaban J connectivity index is 2.26. The maximum Gasteiger partial charge on any atom is 0.106 e. The molecule has 19 heavy (non-hydrogen) atoms. The SMILES string of the molecule is CN(c1ccc(Cl)cc1C(N)=S)C1CCCCCC1. The molecule has 2 N–H and O–H groups in total. The third-order valence-electron chi connectivity index (χ3n) is 3.98. The summed E-state index contributed by atoms with van der Waals surface area (Å²) in [5.41, 5.74) is 7.81. The van der Waals surface area contributed by atoms with Gasteiger partial charge in [-0.1, -0.05) is 49.5 Å². The molecule has 2 rings (SSSR count). The summed E-state index contributed by atoms with van der Waals surface area (Å²) < 4.78 is 0. The van der Waals surface area contributed by atoms with Crippen molar-refractivity contribution in [1.82, 2.24) is 0 Å². The first-order valence-corrected chi connectivity index (χ1v) is 7.70. The molecule has 0 aliphatic heterocycles. The Hall–Kier alpha value is -0.800. The Morgan fingerprint density at radius 2 is 1.89 bits per heavy atom. The summed E-state index contributed by atoms with van der Waals surface area (Å²) in [5.74, 6) is 0. The molecule has 104 valence electrons. The van der Waals surface area contributed by atoms with Crippen LogP contribution in [0.3, 0.4) is 0 Å². The van der Waals surface area contributed by atoms with Crippen LogP contribution in [0.25, 0.3) is 0 Å². The van der Waals surface area contributed by atoms with Crippen molar-refractivity contribution >= 4 is 34.5 Å². The number of thiocarbonyl (C=S) groups is 1. The number of hydrogen-bond acceptors (Lipinski definition) is 2. The molecule has 0 unspecified atom stereocenters. The van der Waals surface area contributed by atoms with Crippen LogP contribution in [0.2, 0.25) is 5.02 Å². The Morgan fingerprint density at radius 1 is 1.26 bits per heavy atom. The van der Waals surface area contributed by atoms with E-state index < -0.39 is 0 Å². The minimum atomic E-state index is 0.415. The Bertz CT molecular complexity index is 453. The number of nitrogens with zero attached hydrogens (tertiary/aromatic N) is 1. The maximum atomic E-state index is 6.04. The minimum absolute atomic E-state index is 0.415. The van der Waals surface area contributed by atoms with Crippen molar-refractivity contribution in [2.45, 2.75) is 44.6 Å². The van der Waals surface area contributed by atoms with Gasteiger partial charge >= 0.3 is 0 Å². The van der Waals surface area contributed by atoms with Crippen LogP contribution < -0.4 is 10.6 Å². The van der Waals surface area contributed by atoms with Crippen molar-refractivity contribution in [2.24, 2.45) is 5.73 Å². The van der Waals surface area contributed by atoms with Gasteiger partial charge in [0.15, 0.2) is 0 Å². The molecule has 0 aromatic heterocycles. The van der Waals surface area contributed by atoms with E-state index in [4.69, 9.17) is 29.6 Å². The first kappa shape index (κ1) is 14.6. The summed E-state index contributed by atoms with van der Waals surface area (Å²) in [6.07, 6.45) is 7.82. The molecule has 1 aromatic carbocycles. The van der Waals surface area contributed by atoms with Gasteiger partial charge < -0.3 is 10.6 Å². The standard InChI is InChI=1S/C15H21ClN2S/c1-18(12-6-4-2-3-5-7-12)14-9-8-11(16)10-13(14)15(17)19/h8-10,12H,2-7H2,1H3,(H2,17,19). The summed E-state index contributed by atoms with van der Waals surface area (Å²) in [5, 5.41) is 0.681. The van der Waals surface area contributed by atoms with Crippen molar-refractivity contribution in [3.8, 4) is 0 Å². The second-order valence-corrected chi connectivity index (χ2v) is 6.16. The van der Waals surface area contributed by atoms with Crippen molar-refractivity contribution < 1.29 is 0 Å². The Morgan fingerprint density at radius 3 is 2.47 bits per heavy atom. The van der Waals surface area contributed by atoms with Crippen LogP contribution in [0.4, 0.5) is 5.69 Å². The molecule has 2 nitrogen and oxygen atoms in total. The molecule has 1 aromatic rings. The Labute approximate surface area is 125 Å². The fraction of sp³-hybridized carbons (Fsp3) is 0.533. The van der Waals surface area contributed by atoms with E-state index >= 15 is 0 Å². The lowest BCUT2D eigenvalue weighted by Crippen LogP contribution is -2.32. The van der Waals surface area contributed by atoms with Gasteiger partial charge in [-0.3, -0.25) is 0 Å². The molecular weight excluding hydrogens is 276 g/mol. The number of nitrogens with two attached hydrogens (primary N) is 1. The van der Waals surface area contributed by atoms with E-state index in [1.807, 2.05) is 18.2 Å². The zero-order valence-corrected chi connectivity index (χ0v) is 12.9. The summed E-state index contributed by atoms with van der Waals surface area (Å²) in [6, 6.07) is 6.39. The number of rotatable bonds is 3. The average molecular weight is 297 g/mol. The highest BCUT2D eigenvalue weighted by molar-refractivity contribution is 7.80. The van der Waals surface area contributed by atoms with Crippen LogP contribution in [0.5, 0.6) is 0 Å².